The Labute approximate surface area is 120 Å². The van der Waals surface area contributed by atoms with Crippen molar-refractivity contribution < 1.29 is 4.74 Å². The second kappa shape index (κ2) is 6.80. The van der Waals surface area contributed by atoms with Crippen LogP contribution in [0.3, 0.4) is 0 Å². The maximum Gasteiger partial charge on any atom is 0.144 e. The van der Waals surface area contributed by atoms with Crippen LogP contribution in [0.4, 0.5) is 11.4 Å². The number of para-hydroxylation sites is 1. The maximum atomic E-state index is 6.15. The first kappa shape index (κ1) is 14.2. The number of hydrogen-bond acceptors (Lipinski definition) is 4. The zero-order valence-corrected chi connectivity index (χ0v) is 12.0. The van der Waals surface area contributed by atoms with Crippen molar-refractivity contribution in [2.75, 3.05) is 17.7 Å². The van der Waals surface area contributed by atoms with E-state index in [1.54, 1.807) is 12.4 Å². The molecule has 106 valence electrons. The molecular weight excluding hydrogens is 250 g/mol. The van der Waals surface area contributed by atoms with Crippen molar-refractivity contribution in [2.24, 2.45) is 0 Å². The molecule has 0 aliphatic heterocycles. The smallest absolute Gasteiger partial charge is 0.144 e. The molecule has 0 aliphatic carbocycles. The molecule has 4 heteroatoms. The van der Waals surface area contributed by atoms with Gasteiger partial charge in [-0.25, -0.2) is 0 Å². The minimum Gasteiger partial charge on any atom is -0.491 e. The summed E-state index contributed by atoms with van der Waals surface area (Å²) in [5.74, 6) is 0.735. The predicted molar refractivity (Wildman–Crippen MR) is 82.9 cm³/mol. The summed E-state index contributed by atoms with van der Waals surface area (Å²) in [5, 5.41) is 3.41. The van der Waals surface area contributed by atoms with E-state index in [2.05, 4.69) is 24.1 Å². The lowest BCUT2D eigenvalue weighted by molar-refractivity contribution is 0.319. The van der Waals surface area contributed by atoms with Gasteiger partial charge in [0.25, 0.3) is 0 Å². The number of aromatic nitrogens is 1. The number of nitrogens with zero attached hydrogens (tertiary/aromatic N) is 1. The van der Waals surface area contributed by atoms with E-state index in [0.717, 1.165) is 17.9 Å². The third-order valence-electron chi connectivity index (χ3n) is 3.11. The van der Waals surface area contributed by atoms with Crippen molar-refractivity contribution in [1.82, 2.24) is 4.98 Å². The number of pyridine rings is 1. The highest BCUT2D eigenvalue weighted by Gasteiger charge is 2.10. The minimum absolute atomic E-state index is 0.154. The van der Waals surface area contributed by atoms with Gasteiger partial charge >= 0.3 is 0 Å². The van der Waals surface area contributed by atoms with Gasteiger partial charge in [-0.2, -0.15) is 0 Å². The molecule has 0 bridgehead atoms. The normalized spacial score (nSPS) is 11.9. The topological polar surface area (TPSA) is 60.2 Å². The van der Waals surface area contributed by atoms with E-state index >= 15 is 0 Å². The zero-order valence-electron chi connectivity index (χ0n) is 12.0. The van der Waals surface area contributed by atoms with Gasteiger partial charge in [0.05, 0.1) is 18.0 Å². The summed E-state index contributed by atoms with van der Waals surface area (Å²) >= 11 is 0. The van der Waals surface area contributed by atoms with Gasteiger partial charge in [0.2, 0.25) is 0 Å². The van der Waals surface area contributed by atoms with E-state index in [4.69, 9.17) is 10.5 Å². The fourth-order valence-corrected chi connectivity index (χ4v) is 1.98. The molecule has 0 amide bonds. The van der Waals surface area contributed by atoms with E-state index < -0.39 is 0 Å². The van der Waals surface area contributed by atoms with Gasteiger partial charge in [-0.3, -0.25) is 4.98 Å². The molecule has 20 heavy (non-hydrogen) atoms. The van der Waals surface area contributed by atoms with Crippen LogP contribution in [0.2, 0.25) is 0 Å². The fourth-order valence-electron chi connectivity index (χ4n) is 1.98. The average molecular weight is 271 g/mol. The van der Waals surface area contributed by atoms with Crippen LogP contribution in [-0.2, 0) is 0 Å². The molecule has 1 atom stereocenters. The molecule has 2 aromatic rings. The van der Waals surface area contributed by atoms with Crippen molar-refractivity contribution in [2.45, 2.75) is 26.3 Å². The van der Waals surface area contributed by atoms with Gasteiger partial charge in [0.15, 0.2) is 0 Å². The van der Waals surface area contributed by atoms with Crippen LogP contribution in [0, 0.1) is 0 Å². The predicted octanol–water partition coefficient (Wildman–Crippen LogP) is 3.63. The third-order valence-corrected chi connectivity index (χ3v) is 3.11. The largest absolute Gasteiger partial charge is 0.491 e. The Balaban J connectivity index is 2.13. The number of hydrogen-bond donors (Lipinski definition) is 2. The van der Waals surface area contributed by atoms with Gasteiger partial charge in [-0.05, 0) is 43.2 Å². The van der Waals surface area contributed by atoms with Crippen molar-refractivity contribution in [3.63, 3.8) is 0 Å². The molecule has 0 spiro atoms. The van der Waals surface area contributed by atoms with Crippen LogP contribution in [0.5, 0.6) is 5.75 Å². The number of rotatable bonds is 6. The van der Waals surface area contributed by atoms with Crippen molar-refractivity contribution >= 4 is 11.4 Å². The molecule has 0 saturated carbocycles. The quantitative estimate of drug-likeness (QED) is 0.788. The van der Waals surface area contributed by atoms with Gasteiger partial charge < -0.3 is 15.8 Å². The molecular formula is C16H21N3O. The van der Waals surface area contributed by atoms with Gasteiger partial charge in [-0.1, -0.05) is 13.0 Å². The molecule has 0 fully saturated rings. The van der Waals surface area contributed by atoms with E-state index in [1.807, 2.05) is 30.3 Å². The molecule has 1 heterocycles. The SMILES string of the molecule is CCCOc1cccc(NC(C)c2ccncc2)c1N. The van der Waals surface area contributed by atoms with E-state index in [0.29, 0.717) is 12.3 Å². The Bertz CT molecular complexity index is 543. The Morgan fingerprint density at radius 3 is 2.70 bits per heavy atom. The number of nitrogen functional groups attached to an aromatic ring is 1. The lowest BCUT2D eigenvalue weighted by atomic mass is 10.1. The molecule has 0 saturated heterocycles. The number of anilines is 2. The standard InChI is InChI=1S/C16H21N3O/c1-3-11-20-15-6-4-5-14(16(15)17)19-12(2)13-7-9-18-10-8-13/h4-10,12,19H,3,11,17H2,1-2H3. The van der Waals surface area contributed by atoms with Gasteiger partial charge in [-0.15, -0.1) is 0 Å². The van der Waals surface area contributed by atoms with E-state index in [1.165, 1.54) is 5.56 Å². The Hall–Kier alpha value is -2.23. The lowest BCUT2D eigenvalue weighted by Crippen LogP contribution is -2.09. The third kappa shape index (κ3) is 3.41. The van der Waals surface area contributed by atoms with Crippen LogP contribution in [0.15, 0.2) is 42.7 Å². The van der Waals surface area contributed by atoms with Crippen molar-refractivity contribution in [3.05, 3.63) is 48.3 Å². The van der Waals surface area contributed by atoms with Gasteiger partial charge in [0, 0.05) is 18.4 Å². The number of benzene rings is 1. The van der Waals surface area contributed by atoms with E-state index in [9.17, 15) is 0 Å². The molecule has 1 unspecified atom stereocenters. The van der Waals surface area contributed by atoms with Gasteiger partial charge in [0.1, 0.15) is 5.75 Å². The molecule has 1 aromatic heterocycles. The summed E-state index contributed by atoms with van der Waals surface area (Å²) in [4.78, 5) is 4.03. The summed E-state index contributed by atoms with van der Waals surface area (Å²) in [7, 11) is 0. The highest BCUT2D eigenvalue weighted by molar-refractivity contribution is 5.73. The Kier molecular flexibility index (Phi) is 4.82. The van der Waals surface area contributed by atoms with E-state index in [-0.39, 0.29) is 6.04 Å². The zero-order chi connectivity index (χ0) is 14.4. The first-order valence-electron chi connectivity index (χ1n) is 6.90. The van der Waals surface area contributed by atoms with Crippen LogP contribution in [-0.4, -0.2) is 11.6 Å². The number of nitrogens with two attached hydrogens (primary N) is 1. The first-order chi connectivity index (χ1) is 9.72. The summed E-state index contributed by atoms with van der Waals surface area (Å²) < 4.78 is 5.64. The molecule has 0 radical (unpaired) electrons. The van der Waals surface area contributed by atoms with Crippen LogP contribution in [0.25, 0.3) is 0 Å². The summed E-state index contributed by atoms with van der Waals surface area (Å²) in [6.07, 6.45) is 4.54. The Morgan fingerprint density at radius 2 is 2.00 bits per heavy atom. The second-order valence-electron chi connectivity index (χ2n) is 4.71. The first-order valence-corrected chi connectivity index (χ1v) is 6.90. The van der Waals surface area contributed by atoms with Crippen LogP contribution in [0.1, 0.15) is 31.9 Å². The van der Waals surface area contributed by atoms with Crippen LogP contribution >= 0.6 is 0 Å². The van der Waals surface area contributed by atoms with Crippen LogP contribution < -0.4 is 15.8 Å². The van der Waals surface area contributed by atoms with Crippen molar-refractivity contribution in [3.8, 4) is 5.75 Å². The maximum absolute atomic E-state index is 6.15. The molecule has 1 aromatic carbocycles. The molecule has 4 nitrogen and oxygen atoms in total. The number of nitrogens with one attached hydrogen (secondary N) is 1. The second-order valence-corrected chi connectivity index (χ2v) is 4.71. The lowest BCUT2D eigenvalue weighted by Gasteiger charge is -2.18. The summed E-state index contributed by atoms with van der Waals surface area (Å²) in [5.41, 5.74) is 8.86. The highest BCUT2D eigenvalue weighted by Crippen LogP contribution is 2.31. The average Bonchev–Trinajstić information content (AvgIpc) is 2.49. The monoisotopic (exact) mass is 271 g/mol. The fraction of sp³-hybridized carbons (Fsp3) is 0.312. The highest BCUT2D eigenvalue weighted by atomic mass is 16.5. The number of ether oxygens (including phenoxy) is 1. The summed E-state index contributed by atoms with van der Waals surface area (Å²) in [6.45, 7) is 4.84. The minimum atomic E-state index is 0.154. The molecule has 0 aliphatic rings. The summed E-state index contributed by atoms with van der Waals surface area (Å²) in [6, 6.07) is 9.94. The van der Waals surface area contributed by atoms with Crippen molar-refractivity contribution in [1.29, 1.82) is 0 Å². The Morgan fingerprint density at radius 1 is 1.25 bits per heavy atom. The molecule has 3 N–H and O–H groups in total. The molecule has 2 rings (SSSR count).